The lowest BCUT2D eigenvalue weighted by Gasteiger charge is -2.29. The molecule has 2 aliphatic rings. The first-order chi connectivity index (χ1) is 10.2. The van der Waals surface area contributed by atoms with Gasteiger partial charge in [0.2, 0.25) is 0 Å². The number of benzene rings is 1. The molecule has 1 fully saturated rings. The summed E-state index contributed by atoms with van der Waals surface area (Å²) in [6, 6.07) is 7.09. The monoisotopic (exact) mass is 288 g/mol. The molecule has 3 heteroatoms. The molecule has 116 valence electrons. The van der Waals surface area contributed by atoms with Gasteiger partial charge in [0.05, 0.1) is 6.61 Å². The summed E-state index contributed by atoms with van der Waals surface area (Å²) in [6.45, 7) is 6.78. The zero-order chi connectivity index (χ0) is 14.7. The Kier molecular flexibility index (Phi) is 4.81. The van der Waals surface area contributed by atoms with Crippen molar-refractivity contribution in [2.75, 3.05) is 33.3 Å². The van der Waals surface area contributed by atoms with Gasteiger partial charge >= 0.3 is 0 Å². The highest BCUT2D eigenvalue weighted by Crippen LogP contribution is 2.28. The van der Waals surface area contributed by atoms with Crippen molar-refractivity contribution in [1.29, 1.82) is 0 Å². The van der Waals surface area contributed by atoms with E-state index in [1.54, 1.807) is 0 Å². The van der Waals surface area contributed by atoms with E-state index < -0.39 is 0 Å². The maximum absolute atomic E-state index is 5.58. The number of hydrogen-bond donors (Lipinski definition) is 1. The van der Waals surface area contributed by atoms with Crippen LogP contribution in [0, 0.1) is 5.92 Å². The Labute approximate surface area is 128 Å². The third-order valence-corrected chi connectivity index (χ3v) is 5.05. The van der Waals surface area contributed by atoms with E-state index in [2.05, 4.69) is 42.4 Å². The van der Waals surface area contributed by atoms with E-state index in [9.17, 15) is 0 Å². The maximum Gasteiger partial charge on any atom is 0.122 e. The van der Waals surface area contributed by atoms with E-state index in [0.29, 0.717) is 6.04 Å². The lowest BCUT2D eigenvalue weighted by Crippen LogP contribution is -2.32. The molecule has 0 saturated carbocycles. The van der Waals surface area contributed by atoms with E-state index in [4.69, 9.17) is 4.74 Å². The molecular formula is C18H28N2O. The van der Waals surface area contributed by atoms with Crippen LogP contribution in [0.2, 0.25) is 0 Å². The molecule has 1 unspecified atom stereocenters. The van der Waals surface area contributed by atoms with E-state index in [1.807, 2.05) is 0 Å². The average Bonchev–Trinajstić information content (AvgIpc) is 2.96. The highest BCUT2D eigenvalue weighted by Gasteiger charge is 2.17. The Morgan fingerprint density at radius 2 is 2.14 bits per heavy atom. The van der Waals surface area contributed by atoms with Crippen LogP contribution in [-0.4, -0.2) is 38.2 Å². The molecule has 1 aromatic carbocycles. The molecule has 21 heavy (non-hydrogen) atoms. The third-order valence-electron chi connectivity index (χ3n) is 5.05. The molecule has 0 amide bonds. The average molecular weight is 288 g/mol. The number of nitrogens with one attached hydrogen (secondary N) is 1. The van der Waals surface area contributed by atoms with Crippen LogP contribution in [0.3, 0.4) is 0 Å². The molecule has 0 aliphatic carbocycles. The first-order valence-electron chi connectivity index (χ1n) is 8.40. The Balaban J connectivity index is 1.45. The van der Waals surface area contributed by atoms with Crippen LogP contribution in [0.4, 0.5) is 0 Å². The van der Waals surface area contributed by atoms with Crippen molar-refractivity contribution in [1.82, 2.24) is 10.2 Å². The molecule has 2 aliphatic heterocycles. The van der Waals surface area contributed by atoms with E-state index in [-0.39, 0.29) is 0 Å². The maximum atomic E-state index is 5.58. The van der Waals surface area contributed by atoms with Crippen molar-refractivity contribution in [3.8, 4) is 5.75 Å². The van der Waals surface area contributed by atoms with Gasteiger partial charge in [-0.2, -0.15) is 0 Å². The predicted molar refractivity (Wildman–Crippen MR) is 86.9 cm³/mol. The smallest absolute Gasteiger partial charge is 0.122 e. The van der Waals surface area contributed by atoms with Gasteiger partial charge < -0.3 is 15.0 Å². The number of fused-ring (bicyclic) bond motifs is 1. The summed E-state index contributed by atoms with van der Waals surface area (Å²) < 4.78 is 5.58. The molecule has 1 N–H and O–H groups in total. The SMILES string of the molecule is CC(NCCC1CCN(C)CC1)c1ccc2c(c1)CCO2. The molecule has 1 atom stereocenters. The van der Waals surface area contributed by atoms with Gasteiger partial charge in [0.25, 0.3) is 0 Å². The zero-order valence-electron chi connectivity index (χ0n) is 13.4. The summed E-state index contributed by atoms with van der Waals surface area (Å²) >= 11 is 0. The molecule has 0 radical (unpaired) electrons. The summed E-state index contributed by atoms with van der Waals surface area (Å²) in [5.41, 5.74) is 2.76. The standard InChI is InChI=1S/C18H28N2O/c1-14(16-3-4-18-17(13-16)8-12-21-18)19-9-5-15-6-10-20(2)11-7-15/h3-4,13-15,19H,5-12H2,1-2H3. The molecule has 0 aromatic heterocycles. The minimum atomic E-state index is 0.433. The molecule has 3 rings (SSSR count). The third kappa shape index (κ3) is 3.78. The minimum Gasteiger partial charge on any atom is -0.493 e. The van der Waals surface area contributed by atoms with E-state index in [0.717, 1.165) is 31.2 Å². The highest BCUT2D eigenvalue weighted by atomic mass is 16.5. The summed E-state index contributed by atoms with van der Waals surface area (Å²) in [7, 11) is 2.23. The number of rotatable bonds is 5. The summed E-state index contributed by atoms with van der Waals surface area (Å²) in [5.74, 6) is 1.99. The lowest BCUT2D eigenvalue weighted by molar-refractivity contribution is 0.211. The summed E-state index contributed by atoms with van der Waals surface area (Å²) in [4.78, 5) is 2.44. The molecule has 0 bridgehead atoms. The fourth-order valence-corrected chi connectivity index (χ4v) is 3.45. The van der Waals surface area contributed by atoms with Gasteiger partial charge in [0, 0.05) is 12.5 Å². The fourth-order valence-electron chi connectivity index (χ4n) is 3.45. The summed E-state index contributed by atoms with van der Waals surface area (Å²) in [5, 5.41) is 3.69. The predicted octanol–water partition coefficient (Wildman–Crippen LogP) is 3.00. The van der Waals surface area contributed by atoms with Gasteiger partial charge in [-0.15, -0.1) is 0 Å². The van der Waals surface area contributed by atoms with Crippen LogP contribution >= 0.6 is 0 Å². The van der Waals surface area contributed by atoms with Crippen molar-refractivity contribution in [3.63, 3.8) is 0 Å². The van der Waals surface area contributed by atoms with Crippen molar-refractivity contribution in [2.24, 2.45) is 5.92 Å². The van der Waals surface area contributed by atoms with Gasteiger partial charge in [0.15, 0.2) is 0 Å². The fraction of sp³-hybridized carbons (Fsp3) is 0.667. The lowest BCUT2D eigenvalue weighted by atomic mass is 9.93. The van der Waals surface area contributed by atoms with Crippen LogP contribution in [0.5, 0.6) is 5.75 Å². The molecule has 0 spiro atoms. The highest BCUT2D eigenvalue weighted by molar-refractivity contribution is 5.40. The van der Waals surface area contributed by atoms with Crippen molar-refractivity contribution >= 4 is 0 Å². The van der Waals surface area contributed by atoms with Gasteiger partial charge in [0.1, 0.15) is 5.75 Å². The molecule has 1 aromatic rings. The van der Waals surface area contributed by atoms with Gasteiger partial charge in [-0.1, -0.05) is 12.1 Å². The second-order valence-electron chi connectivity index (χ2n) is 6.68. The normalized spacial score (nSPS) is 21.0. The molecule has 1 saturated heterocycles. The largest absolute Gasteiger partial charge is 0.493 e. The van der Waals surface area contributed by atoms with Crippen LogP contribution in [0.25, 0.3) is 0 Å². The summed E-state index contributed by atoms with van der Waals surface area (Å²) in [6.07, 6.45) is 5.10. The topological polar surface area (TPSA) is 24.5 Å². The second-order valence-corrected chi connectivity index (χ2v) is 6.68. The second kappa shape index (κ2) is 6.80. The Bertz CT molecular complexity index is 466. The van der Waals surface area contributed by atoms with Crippen LogP contribution in [0.15, 0.2) is 18.2 Å². The number of ether oxygens (including phenoxy) is 1. The Morgan fingerprint density at radius 1 is 1.33 bits per heavy atom. The van der Waals surface area contributed by atoms with E-state index >= 15 is 0 Å². The van der Waals surface area contributed by atoms with Gasteiger partial charge in [-0.3, -0.25) is 0 Å². The van der Waals surface area contributed by atoms with Crippen LogP contribution in [0.1, 0.15) is 43.4 Å². The molecule has 3 nitrogen and oxygen atoms in total. The number of likely N-dealkylation sites (tertiary alicyclic amines) is 1. The number of piperidine rings is 1. The number of hydrogen-bond acceptors (Lipinski definition) is 3. The van der Waals surface area contributed by atoms with Crippen molar-refractivity contribution < 1.29 is 4.74 Å². The Morgan fingerprint density at radius 3 is 2.95 bits per heavy atom. The molecular weight excluding hydrogens is 260 g/mol. The Hall–Kier alpha value is -1.06. The van der Waals surface area contributed by atoms with Crippen molar-refractivity contribution in [2.45, 2.75) is 38.6 Å². The van der Waals surface area contributed by atoms with Gasteiger partial charge in [-0.25, -0.2) is 0 Å². The first-order valence-corrected chi connectivity index (χ1v) is 8.40. The first kappa shape index (κ1) is 14.9. The molecule has 2 heterocycles. The quantitative estimate of drug-likeness (QED) is 0.901. The van der Waals surface area contributed by atoms with Crippen LogP contribution in [-0.2, 0) is 6.42 Å². The number of nitrogens with zero attached hydrogens (tertiary/aromatic N) is 1. The van der Waals surface area contributed by atoms with E-state index in [1.165, 1.54) is 43.5 Å². The van der Waals surface area contributed by atoms with Crippen molar-refractivity contribution in [3.05, 3.63) is 29.3 Å². The van der Waals surface area contributed by atoms with Crippen LogP contribution < -0.4 is 10.1 Å². The zero-order valence-corrected chi connectivity index (χ0v) is 13.4. The minimum absolute atomic E-state index is 0.433. The van der Waals surface area contributed by atoms with Gasteiger partial charge in [-0.05, 0) is 76.0 Å².